The molecule has 0 aromatic heterocycles. The smallest absolute Gasteiger partial charge is 0.0718 e. The van der Waals surface area contributed by atoms with Crippen molar-refractivity contribution in [1.82, 2.24) is 14.7 Å². The van der Waals surface area contributed by atoms with E-state index in [1.54, 1.807) is 0 Å². The molecule has 2 fully saturated rings. The summed E-state index contributed by atoms with van der Waals surface area (Å²) in [6.45, 7) is 9.07. The SMILES string of the molecule is CN(C)CCN1CCN(CC(O)C2CCOC2)CC1. The first-order valence-electron chi connectivity index (χ1n) is 7.50. The largest absolute Gasteiger partial charge is 0.391 e. The van der Waals surface area contributed by atoms with Crippen LogP contribution >= 0.6 is 0 Å². The molecule has 2 unspecified atom stereocenters. The highest BCUT2D eigenvalue weighted by atomic mass is 16.5. The number of hydrogen-bond acceptors (Lipinski definition) is 5. The second kappa shape index (κ2) is 7.55. The lowest BCUT2D eigenvalue weighted by Crippen LogP contribution is -2.50. The molecule has 2 atom stereocenters. The fourth-order valence-electron chi connectivity index (χ4n) is 2.81. The van der Waals surface area contributed by atoms with Crippen molar-refractivity contribution in [3.8, 4) is 0 Å². The standard InChI is InChI=1S/C14H29N3O2/c1-15(2)4-5-16-6-8-17(9-7-16)11-14(18)13-3-10-19-12-13/h13-14,18H,3-12H2,1-2H3. The van der Waals surface area contributed by atoms with Gasteiger partial charge >= 0.3 is 0 Å². The summed E-state index contributed by atoms with van der Waals surface area (Å²) in [7, 11) is 4.24. The number of aliphatic hydroxyl groups is 1. The van der Waals surface area contributed by atoms with Crippen molar-refractivity contribution in [2.24, 2.45) is 5.92 Å². The second-order valence-corrected chi connectivity index (χ2v) is 6.14. The third-order valence-corrected chi connectivity index (χ3v) is 4.28. The van der Waals surface area contributed by atoms with E-state index in [-0.39, 0.29) is 6.10 Å². The van der Waals surface area contributed by atoms with Crippen LogP contribution in [0.25, 0.3) is 0 Å². The molecule has 2 aliphatic heterocycles. The molecule has 0 amide bonds. The molecule has 0 aliphatic carbocycles. The van der Waals surface area contributed by atoms with Gasteiger partial charge in [-0.3, -0.25) is 9.80 Å². The molecule has 2 rings (SSSR count). The quantitative estimate of drug-likeness (QED) is 0.709. The van der Waals surface area contributed by atoms with Gasteiger partial charge in [0.25, 0.3) is 0 Å². The topological polar surface area (TPSA) is 39.2 Å². The van der Waals surface area contributed by atoms with Gasteiger partial charge in [0.05, 0.1) is 12.7 Å². The molecular formula is C14H29N3O2. The van der Waals surface area contributed by atoms with Gasteiger partial charge in [-0.25, -0.2) is 0 Å². The number of hydrogen-bond donors (Lipinski definition) is 1. The van der Waals surface area contributed by atoms with Crippen LogP contribution in [-0.4, -0.2) is 99.0 Å². The molecule has 0 aromatic carbocycles. The van der Waals surface area contributed by atoms with Crippen molar-refractivity contribution in [1.29, 1.82) is 0 Å². The van der Waals surface area contributed by atoms with Gasteiger partial charge in [0.1, 0.15) is 0 Å². The van der Waals surface area contributed by atoms with Crippen LogP contribution in [0, 0.1) is 5.92 Å². The van der Waals surface area contributed by atoms with Crippen LogP contribution in [0.15, 0.2) is 0 Å². The van der Waals surface area contributed by atoms with E-state index in [0.29, 0.717) is 5.92 Å². The average molecular weight is 271 g/mol. The van der Waals surface area contributed by atoms with Crippen LogP contribution in [-0.2, 0) is 4.74 Å². The van der Waals surface area contributed by atoms with Crippen molar-refractivity contribution in [3.05, 3.63) is 0 Å². The van der Waals surface area contributed by atoms with Gasteiger partial charge in [-0.05, 0) is 20.5 Å². The third-order valence-electron chi connectivity index (χ3n) is 4.28. The van der Waals surface area contributed by atoms with Gasteiger partial charge in [-0.2, -0.15) is 0 Å². The number of aliphatic hydroxyl groups excluding tert-OH is 1. The van der Waals surface area contributed by atoms with E-state index in [0.717, 1.165) is 65.4 Å². The van der Waals surface area contributed by atoms with E-state index in [1.165, 1.54) is 0 Å². The number of piperazine rings is 1. The van der Waals surface area contributed by atoms with Crippen molar-refractivity contribution < 1.29 is 9.84 Å². The normalized spacial score (nSPS) is 28.1. The Morgan fingerprint density at radius 1 is 1.21 bits per heavy atom. The zero-order valence-electron chi connectivity index (χ0n) is 12.4. The molecule has 5 heteroatoms. The number of nitrogens with zero attached hydrogens (tertiary/aromatic N) is 3. The third kappa shape index (κ3) is 5.00. The van der Waals surface area contributed by atoms with Crippen LogP contribution in [0.3, 0.4) is 0 Å². The first-order valence-corrected chi connectivity index (χ1v) is 7.50. The van der Waals surface area contributed by atoms with Crippen LogP contribution in [0.5, 0.6) is 0 Å². The minimum atomic E-state index is -0.212. The molecule has 5 nitrogen and oxygen atoms in total. The Morgan fingerprint density at radius 3 is 2.47 bits per heavy atom. The molecule has 0 saturated carbocycles. The lowest BCUT2D eigenvalue weighted by atomic mass is 10.0. The van der Waals surface area contributed by atoms with Crippen molar-refractivity contribution in [2.45, 2.75) is 12.5 Å². The first kappa shape index (κ1) is 15.2. The summed E-state index contributed by atoms with van der Waals surface area (Å²) in [5.41, 5.74) is 0. The summed E-state index contributed by atoms with van der Waals surface area (Å²) in [6, 6.07) is 0. The number of likely N-dealkylation sites (N-methyl/N-ethyl adjacent to an activating group) is 1. The molecule has 0 radical (unpaired) electrons. The molecule has 0 aromatic rings. The Bertz CT molecular complexity index is 249. The molecule has 19 heavy (non-hydrogen) atoms. The molecule has 2 heterocycles. The first-order chi connectivity index (χ1) is 9.15. The summed E-state index contributed by atoms with van der Waals surface area (Å²) in [5, 5.41) is 10.2. The monoisotopic (exact) mass is 271 g/mol. The maximum Gasteiger partial charge on any atom is 0.0718 e. The van der Waals surface area contributed by atoms with Crippen molar-refractivity contribution in [2.75, 3.05) is 73.1 Å². The molecule has 1 N–H and O–H groups in total. The molecular weight excluding hydrogens is 242 g/mol. The van der Waals surface area contributed by atoms with Crippen LogP contribution < -0.4 is 0 Å². The molecule has 2 saturated heterocycles. The summed E-state index contributed by atoms with van der Waals surface area (Å²) >= 11 is 0. The molecule has 2 aliphatic rings. The van der Waals surface area contributed by atoms with Gasteiger partial charge in [-0.1, -0.05) is 0 Å². The predicted molar refractivity (Wildman–Crippen MR) is 76.4 cm³/mol. The summed E-state index contributed by atoms with van der Waals surface area (Å²) in [5.74, 6) is 0.353. The maximum absolute atomic E-state index is 10.2. The lowest BCUT2D eigenvalue weighted by Gasteiger charge is -2.36. The van der Waals surface area contributed by atoms with Gasteiger partial charge < -0.3 is 14.7 Å². The lowest BCUT2D eigenvalue weighted by molar-refractivity contribution is 0.0356. The molecule has 0 bridgehead atoms. The molecule has 112 valence electrons. The number of β-amino-alcohol motifs (C(OH)–C–C–N with tert-alkyl or cyclic N) is 1. The zero-order chi connectivity index (χ0) is 13.7. The highest BCUT2D eigenvalue weighted by Crippen LogP contribution is 2.18. The van der Waals surface area contributed by atoms with Crippen LogP contribution in [0.4, 0.5) is 0 Å². The van der Waals surface area contributed by atoms with E-state index in [2.05, 4.69) is 28.8 Å². The summed E-state index contributed by atoms with van der Waals surface area (Å²) in [6.07, 6.45) is 0.806. The Balaban J connectivity index is 1.62. The predicted octanol–water partition coefficient (Wildman–Crippen LogP) is -0.437. The minimum Gasteiger partial charge on any atom is -0.391 e. The van der Waals surface area contributed by atoms with Gasteiger partial charge in [0.15, 0.2) is 0 Å². The van der Waals surface area contributed by atoms with E-state index in [1.807, 2.05) is 0 Å². The number of ether oxygens (including phenoxy) is 1. The van der Waals surface area contributed by atoms with Crippen molar-refractivity contribution in [3.63, 3.8) is 0 Å². The maximum atomic E-state index is 10.2. The van der Waals surface area contributed by atoms with Gasteiger partial charge in [0.2, 0.25) is 0 Å². The van der Waals surface area contributed by atoms with Gasteiger partial charge in [0, 0.05) is 58.3 Å². The van der Waals surface area contributed by atoms with Crippen molar-refractivity contribution >= 4 is 0 Å². The summed E-state index contributed by atoms with van der Waals surface area (Å²) < 4.78 is 5.35. The Hall–Kier alpha value is -0.200. The fourth-order valence-corrected chi connectivity index (χ4v) is 2.81. The zero-order valence-corrected chi connectivity index (χ0v) is 12.4. The van der Waals surface area contributed by atoms with E-state index in [9.17, 15) is 5.11 Å². The minimum absolute atomic E-state index is 0.212. The van der Waals surface area contributed by atoms with Gasteiger partial charge in [-0.15, -0.1) is 0 Å². The van der Waals surface area contributed by atoms with E-state index >= 15 is 0 Å². The highest BCUT2D eigenvalue weighted by molar-refractivity contribution is 4.79. The average Bonchev–Trinajstić information content (AvgIpc) is 2.92. The van der Waals surface area contributed by atoms with Crippen LogP contribution in [0.2, 0.25) is 0 Å². The summed E-state index contributed by atoms with van der Waals surface area (Å²) in [4.78, 5) is 7.15. The van der Waals surface area contributed by atoms with Crippen LogP contribution in [0.1, 0.15) is 6.42 Å². The Morgan fingerprint density at radius 2 is 1.89 bits per heavy atom. The Labute approximate surface area is 117 Å². The van der Waals surface area contributed by atoms with E-state index < -0.39 is 0 Å². The fraction of sp³-hybridized carbons (Fsp3) is 1.00. The highest BCUT2D eigenvalue weighted by Gasteiger charge is 2.27. The van der Waals surface area contributed by atoms with E-state index in [4.69, 9.17) is 4.74 Å². The molecule has 0 spiro atoms. The Kier molecular flexibility index (Phi) is 6.04. The second-order valence-electron chi connectivity index (χ2n) is 6.14. The number of rotatable bonds is 6.